The number of aryl methyl sites for hydroxylation is 1. The summed E-state index contributed by atoms with van der Waals surface area (Å²) in [5.74, 6) is 0.0844. The van der Waals surface area contributed by atoms with Crippen molar-refractivity contribution in [2.45, 2.75) is 19.8 Å². The summed E-state index contributed by atoms with van der Waals surface area (Å²) in [5, 5.41) is 9.86. The molecule has 0 bridgehead atoms. The van der Waals surface area contributed by atoms with Crippen molar-refractivity contribution >= 4 is 18.4 Å². The van der Waals surface area contributed by atoms with E-state index in [4.69, 9.17) is 4.65 Å². The Labute approximate surface area is 124 Å². The molecule has 1 N–H and O–H groups in total. The van der Waals surface area contributed by atoms with Gasteiger partial charge in [-0.3, -0.25) is 4.79 Å². The standard InChI is InChI=1S/C17H17BO3/c1-12-2-5-15(6-3-12)17(19)11-13-4-7-14-8-9-21-18(20)16(14)10-13/h2-7,10,20H,8-9,11H2,1H3. The minimum absolute atomic E-state index is 0.0844. The Kier molecular flexibility index (Phi) is 3.91. The van der Waals surface area contributed by atoms with Crippen molar-refractivity contribution < 1.29 is 14.5 Å². The SMILES string of the molecule is Cc1ccc(C(=O)Cc2ccc3c(c2)B(O)OCC3)cc1. The van der Waals surface area contributed by atoms with Crippen molar-refractivity contribution in [3.05, 3.63) is 64.7 Å². The van der Waals surface area contributed by atoms with Crippen molar-refractivity contribution in [3.63, 3.8) is 0 Å². The zero-order chi connectivity index (χ0) is 14.8. The predicted octanol–water partition coefficient (Wildman–Crippen LogP) is 1.68. The molecule has 0 aromatic heterocycles. The molecule has 0 saturated heterocycles. The van der Waals surface area contributed by atoms with Gasteiger partial charge >= 0.3 is 7.12 Å². The number of hydrogen-bond acceptors (Lipinski definition) is 3. The highest BCUT2D eigenvalue weighted by Crippen LogP contribution is 2.12. The second kappa shape index (κ2) is 5.84. The summed E-state index contributed by atoms with van der Waals surface area (Å²) >= 11 is 0. The van der Waals surface area contributed by atoms with Gasteiger partial charge in [-0.1, -0.05) is 48.0 Å². The van der Waals surface area contributed by atoms with Crippen molar-refractivity contribution in [1.29, 1.82) is 0 Å². The van der Waals surface area contributed by atoms with E-state index in [1.165, 1.54) is 0 Å². The quantitative estimate of drug-likeness (QED) is 0.687. The third kappa shape index (κ3) is 3.07. The van der Waals surface area contributed by atoms with Gasteiger partial charge in [0.25, 0.3) is 0 Å². The van der Waals surface area contributed by atoms with E-state index < -0.39 is 7.12 Å². The number of ketones is 1. The zero-order valence-electron chi connectivity index (χ0n) is 12.0. The molecule has 1 heterocycles. The molecule has 0 fully saturated rings. The van der Waals surface area contributed by atoms with E-state index in [0.717, 1.165) is 34.1 Å². The van der Waals surface area contributed by atoms with Gasteiger partial charge in [-0.05, 0) is 29.9 Å². The number of benzene rings is 2. The molecule has 0 atom stereocenters. The Morgan fingerprint density at radius 2 is 2.00 bits per heavy atom. The largest absolute Gasteiger partial charge is 0.491 e. The lowest BCUT2D eigenvalue weighted by Gasteiger charge is -2.19. The summed E-state index contributed by atoms with van der Waals surface area (Å²) in [4.78, 5) is 12.3. The molecule has 1 aliphatic rings. The fourth-order valence-electron chi connectivity index (χ4n) is 2.61. The van der Waals surface area contributed by atoms with Gasteiger partial charge in [0.05, 0.1) is 0 Å². The maximum absolute atomic E-state index is 12.3. The molecule has 1 aliphatic heterocycles. The van der Waals surface area contributed by atoms with Crippen LogP contribution in [0.4, 0.5) is 0 Å². The van der Waals surface area contributed by atoms with E-state index in [2.05, 4.69) is 0 Å². The van der Waals surface area contributed by atoms with Crippen LogP contribution in [0.3, 0.4) is 0 Å². The van der Waals surface area contributed by atoms with Gasteiger partial charge in [-0.2, -0.15) is 0 Å². The van der Waals surface area contributed by atoms with E-state index in [-0.39, 0.29) is 5.78 Å². The van der Waals surface area contributed by atoms with Gasteiger partial charge in [0.2, 0.25) is 0 Å². The maximum Gasteiger partial charge on any atom is 0.491 e. The van der Waals surface area contributed by atoms with Crippen LogP contribution in [0.15, 0.2) is 42.5 Å². The van der Waals surface area contributed by atoms with E-state index in [9.17, 15) is 9.82 Å². The molecule has 0 aliphatic carbocycles. The summed E-state index contributed by atoms with van der Waals surface area (Å²) in [5.41, 5.74) is 4.65. The number of carbonyl (C=O) groups is 1. The average Bonchev–Trinajstić information content (AvgIpc) is 2.49. The minimum atomic E-state index is -0.872. The average molecular weight is 280 g/mol. The summed E-state index contributed by atoms with van der Waals surface area (Å²) < 4.78 is 5.23. The molecule has 0 unspecified atom stereocenters. The second-order valence-corrected chi connectivity index (χ2v) is 5.47. The minimum Gasteiger partial charge on any atom is -0.423 e. The Bertz CT molecular complexity index is 664. The van der Waals surface area contributed by atoms with Crippen LogP contribution in [-0.4, -0.2) is 24.5 Å². The monoisotopic (exact) mass is 280 g/mol. The summed E-state index contributed by atoms with van der Waals surface area (Å²) in [6.07, 6.45) is 1.14. The molecule has 106 valence electrons. The first kappa shape index (κ1) is 14.0. The third-order valence-corrected chi connectivity index (χ3v) is 3.86. The highest BCUT2D eigenvalue weighted by atomic mass is 16.5. The highest BCUT2D eigenvalue weighted by Gasteiger charge is 2.25. The van der Waals surface area contributed by atoms with E-state index in [1.54, 1.807) is 0 Å². The smallest absolute Gasteiger partial charge is 0.423 e. The highest BCUT2D eigenvalue weighted by molar-refractivity contribution is 6.60. The maximum atomic E-state index is 12.3. The molecule has 0 saturated carbocycles. The van der Waals surface area contributed by atoms with Crippen LogP contribution in [0.25, 0.3) is 0 Å². The van der Waals surface area contributed by atoms with Crippen LogP contribution < -0.4 is 5.46 Å². The van der Waals surface area contributed by atoms with Gasteiger partial charge < -0.3 is 9.68 Å². The molecule has 21 heavy (non-hydrogen) atoms. The fraction of sp³-hybridized carbons (Fsp3) is 0.235. The van der Waals surface area contributed by atoms with Crippen molar-refractivity contribution in [1.82, 2.24) is 0 Å². The molecule has 0 radical (unpaired) electrons. The van der Waals surface area contributed by atoms with Crippen LogP contribution in [-0.2, 0) is 17.5 Å². The topological polar surface area (TPSA) is 46.5 Å². The van der Waals surface area contributed by atoms with Gasteiger partial charge in [0, 0.05) is 18.6 Å². The molecule has 2 aromatic carbocycles. The lowest BCUT2D eigenvalue weighted by molar-refractivity contribution is 0.0993. The number of fused-ring (bicyclic) bond motifs is 1. The van der Waals surface area contributed by atoms with Gasteiger partial charge in [-0.25, -0.2) is 0 Å². The molecule has 3 nitrogen and oxygen atoms in total. The Hall–Kier alpha value is -1.91. The first-order chi connectivity index (χ1) is 10.1. The van der Waals surface area contributed by atoms with Crippen molar-refractivity contribution in [3.8, 4) is 0 Å². The van der Waals surface area contributed by atoms with Gasteiger partial charge in [-0.15, -0.1) is 0 Å². The summed E-state index contributed by atoms with van der Waals surface area (Å²) in [7, 11) is -0.872. The van der Waals surface area contributed by atoms with Gasteiger partial charge in [0.15, 0.2) is 5.78 Å². The van der Waals surface area contributed by atoms with Gasteiger partial charge in [0.1, 0.15) is 0 Å². The lowest BCUT2D eigenvalue weighted by atomic mass is 9.73. The normalized spacial score (nSPS) is 13.9. The molecule has 3 rings (SSSR count). The number of rotatable bonds is 3. The molecule has 4 heteroatoms. The first-order valence-corrected chi connectivity index (χ1v) is 7.15. The molecular weight excluding hydrogens is 263 g/mol. The molecular formula is C17H17BO3. The molecule has 0 spiro atoms. The number of hydrogen-bond donors (Lipinski definition) is 1. The Morgan fingerprint density at radius 3 is 2.76 bits per heavy atom. The van der Waals surface area contributed by atoms with Crippen molar-refractivity contribution in [2.24, 2.45) is 0 Å². The van der Waals surface area contributed by atoms with Crippen LogP contribution in [0, 0.1) is 6.92 Å². The fourth-order valence-corrected chi connectivity index (χ4v) is 2.61. The third-order valence-electron chi connectivity index (χ3n) is 3.86. The van der Waals surface area contributed by atoms with E-state index in [1.807, 2.05) is 49.4 Å². The number of carbonyl (C=O) groups excluding carboxylic acids is 1. The Balaban J connectivity index is 1.80. The predicted molar refractivity (Wildman–Crippen MR) is 82.9 cm³/mol. The molecule has 2 aromatic rings. The van der Waals surface area contributed by atoms with Crippen LogP contribution >= 0.6 is 0 Å². The molecule has 0 amide bonds. The summed E-state index contributed by atoms with van der Waals surface area (Å²) in [6, 6.07) is 13.4. The van der Waals surface area contributed by atoms with Crippen LogP contribution in [0.2, 0.25) is 0 Å². The first-order valence-electron chi connectivity index (χ1n) is 7.15. The lowest BCUT2D eigenvalue weighted by Crippen LogP contribution is -2.41. The number of Topliss-reactive ketones (excluding diaryl/α,β-unsaturated/α-hetero) is 1. The van der Waals surface area contributed by atoms with Crippen LogP contribution in [0.5, 0.6) is 0 Å². The van der Waals surface area contributed by atoms with E-state index >= 15 is 0 Å². The summed E-state index contributed by atoms with van der Waals surface area (Å²) in [6.45, 7) is 2.54. The van der Waals surface area contributed by atoms with Crippen LogP contribution in [0.1, 0.15) is 27.0 Å². The van der Waals surface area contributed by atoms with Crippen molar-refractivity contribution in [2.75, 3.05) is 6.61 Å². The Morgan fingerprint density at radius 1 is 1.24 bits per heavy atom. The van der Waals surface area contributed by atoms with E-state index in [0.29, 0.717) is 13.0 Å². The second-order valence-electron chi connectivity index (χ2n) is 5.47. The zero-order valence-corrected chi connectivity index (χ0v) is 12.0.